The van der Waals surface area contributed by atoms with Crippen molar-refractivity contribution in [3.63, 3.8) is 0 Å². The van der Waals surface area contributed by atoms with Crippen LogP contribution in [0.1, 0.15) is 5.82 Å². The van der Waals surface area contributed by atoms with Gasteiger partial charge in [0, 0.05) is 38.7 Å². The predicted molar refractivity (Wildman–Crippen MR) is 212 cm³/mol. The summed E-state index contributed by atoms with van der Waals surface area (Å²) in [6.07, 6.45) is 5.31. The maximum Gasteiger partial charge on any atom is 0.227 e. The lowest BCUT2D eigenvalue weighted by molar-refractivity contribution is 0.620. The van der Waals surface area contributed by atoms with E-state index >= 15 is 0 Å². The van der Waals surface area contributed by atoms with Gasteiger partial charge in [0.1, 0.15) is 5.52 Å². The first kappa shape index (κ1) is 30.8. The Bertz CT molecular complexity index is 2810. The third-order valence-corrected chi connectivity index (χ3v) is 9.21. The second-order valence-corrected chi connectivity index (χ2v) is 12.4. The summed E-state index contributed by atoms with van der Waals surface area (Å²) in [6.45, 7) is 7.84. The maximum absolute atomic E-state index is 6.14. The molecular weight excluding hydrogens is 639 g/mol. The molecule has 0 N–H and O–H groups in total. The zero-order chi connectivity index (χ0) is 35.0. The van der Waals surface area contributed by atoms with Crippen molar-refractivity contribution in [3.05, 3.63) is 183 Å². The van der Waals surface area contributed by atoms with E-state index in [1.807, 2.05) is 72.8 Å². The average Bonchev–Trinajstić information content (AvgIpc) is 3.80. The first-order valence-electron chi connectivity index (χ1n) is 17.0. The highest BCUT2D eigenvalue weighted by atomic mass is 16.3. The Kier molecular flexibility index (Phi) is 7.67. The van der Waals surface area contributed by atoms with E-state index in [-0.39, 0.29) is 0 Å². The molecule has 9 rings (SSSR count). The number of rotatable bonds is 8. The van der Waals surface area contributed by atoms with Crippen molar-refractivity contribution in [2.75, 3.05) is 0 Å². The summed E-state index contributed by atoms with van der Waals surface area (Å²) in [5.74, 6) is 2.32. The van der Waals surface area contributed by atoms with E-state index in [1.54, 1.807) is 12.2 Å². The van der Waals surface area contributed by atoms with Crippen LogP contribution in [0, 0.1) is 0 Å². The molecule has 0 unspecified atom stereocenters. The minimum absolute atomic E-state index is 0.539. The Hall–Kier alpha value is -7.18. The fraction of sp³-hybridized carbons (Fsp3) is 0. The minimum Gasteiger partial charge on any atom is -0.436 e. The van der Waals surface area contributed by atoms with Crippen LogP contribution in [-0.4, -0.2) is 24.5 Å². The van der Waals surface area contributed by atoms with Crippen LogP contribution in [0.2, 0.25) is 0 Å². The van der Waals surface area contributed by atoms with Crippen molar-refractivity contribution in [3.8, 4) is 51.0 Å². The quantitative estimate of drug-likeness (QED) is 0.151. The zero-order valence-electron chi connectivity index (χ0n) is 28.1. The smallest absolute Gasteiger partial charge is 0.227 e. The fourth-order valence-corrected chi connectivity index (χ4v) is 6.75. The number of oxazole rings is 1. The highest BCUT2D eigenvalue weighted by Gasteiger charge is 2.17. The molecule has 0 bridgehead atoms. The molecule has 0 fully saturated rings. The van der Waals surface area contributed by atoms with Gasteiger partial charge in [-0.25, -0.2) is 19.9 Å². The molecular formula is C46H31N5O. The lowest BCUT2D eigenvalue weighted by Crippen LogP contribution is -2.02. The van der Waals surface area contributed by atoms with Crippen molar-refractivity contribution < 1.29 is 4.42 Å². The van der Waals surface area contributed by atoms with Gasteiger partial charge < -0.3 is 8.98 Å². The second-order valence-electron chi connectivity index (χ2n) is 12.4. The molecule has 52 heavy (non-hydrogen) atoms. The third-order valence-electron chi connectivity index (χ3n) is 9.21. The topological polar surface area (TPSA) is 69.6 Å². The van der Waals surface area contributed by atoms with Gasteiger partial charge in [0.2, 0.25) is 5.89 Å². The molecule has 246 valence electrons. The predicted octanol–water partition coefficient (Wildman–Crippen LogP) is 11.5. The van der Waals surface area contributed by atoms with Gasteiger partial charge >= 0.3 is 0 Å². The van der Waals surface area contributed by atoms with Crippen molar-refractivity contribution in [2.45, 2.75) is 0 Å². The van der Waals surface area contributed by atoms with Crippen LogP contribution in [0.15, 0.2) is 181 Å². The van der Waals surface area contributed by atoms with Gasteiger partial charge in [-0.3, -0.25) is 0 Å². The first-order chi connectivity index (χ1) is 25.7. The second kappa shape index (κ2) is 12.9. The highest BCUT2D eigenvalue weighted by molar-refractivity contribution is 6.10. The molecule has 3 aromatic heterocycles. The number of benzene rings is 6. The van der Waals surface area contributed by atoms with E-state index in [0.29, 0.717) is 23.4 Å². The monoisotopic (exact) mass is 669 g/mol. The van der Waals surface area contributed by atoms with Crippen LogP contribution in [0.5, 0.6) is 0 Å². The lowest BCUT2D eigenvalue weighted by Gasteiger charge is -2.12. The Morgan fingerprint density at radius 1 is 0.538 bits per heavy atom. The molecule has 0 radical (unpaired) electrons. The summed E-state index contributed by atoms with van der Waals surface area (Å²) in [6, 6.07) is 49.7. The number of aromatic nitrogens is 5. The van der Waals surface area contributed by atoms with Crippen LogP contribution in [-0.2, 0) is 0 Å². The Balaban J connectivity index is 1.14. The van der Waals surface area contributed by atoms with Gasteiger partial charge in [0.25, 0.3) is 0 Å². The Labute approximate surface area is 300 Å². The highest BCUT2D eigenvalue weighted by Crippen LogP contribution is 2.37. The van der Waals surface area contributed by atoms with E-state index in [9.17, 15) is 0 Å². The number of nitrogens with zero attached hydrogens (tertiary/aromatic N) is 5. The summed E-state index contributed by atoms with van der Waals surface area (Å²) < 4.78 is 8.46. The third kappa shape index (κ3) is 5.49. The maximum atomic E-state index is 6.14. The van der Waals surface area contributed by atoms with Crippen LogP contribution >= 0.6 is 0 Å². The first-order valence-corrected chi connectivity index (χ1v) is 17.0. The summed E-state index contributed by atoms with van der Waals surface area (Å²) in [7, 11) is 0. The molecule has 3 heterocycles. The van der Waals surface area contributed by atoms with Gasteiger partial charge in [0.15, 0.2) is 23.1 Å². The lowest BCUT2D eigenvalue weighted by atomic mass is 10.0. The summed E-state index contributed by atoms with van der Waals surface area (Å²) in [5, 5.41) is 2.29. The van der Waals surface area contributed by atoms with Crippen LogP contribution in [0.3, 0.4) is 0 Å². The van der Waals surface area contributed by atoms with E-state index < -0.39 is 0 Å². The van der Waals surface area contributed by atoms with Crippen molar-refractivity contribution in [1.29, 1.82) is 0 Å². The van der Waals surface area contributed by atoms with E-state index in [2.05, 4.69) is 96.6 Å². The molecule has 0 atom stereocenters. The van der Waals surface area contributed by atoms with Crippen molar-refractivity contribution >= 4 is 38.5 Å². The molecule has 6 aromatic carbocycles. The van der Waals surface area contributed by atoms with Gasteiger partial charge in [-0.15, -0.1) is 0 Å². The van der Waals surface area contributed by atoms with E-state index in [4.69, 9.17) is 24.4 Å². The standard InChI is InChI=1S/C46H31N5O/c1-3-14-30(4-2)43-48-44(31-15-6-5-7-16-31)50-45(49-43)34-19-12-17-32(27-34)33-18-13-20-36(28-33)51-40-23-10-8-21-37(40)38-29-35(25-26-41(38)51)46-47-39-22-9-11-24-42(39)52-46/h3-29H,1-2H2/b30-14+. The normalized spacial score (nSPS) is 11.7. The van der Waals surface area contributed by atoms with E-state index in [0.717, 1.165) is 72.0 Å². The zero-order valence-corrected chi connectivity index (χ0v) is 28.1. The van der Waals surface area contributed by atoms with Gasteiger partial charge in [-0.1, -0.05) is 122 Å². The van der Waals surface area contributed by atoms with Gasteiger partial charge in [-0.05, 0) is 65.7 Å². The molecule has 6 heteroatoms. The molecule has 0 aliphatic rings. The van der Waals surface area contributed by atoms with Crippen LogP contribution < -0.4 is 0 Å². The minimum atomic E-state index is 0.539. The van der Waals surface area contributed by atoms with Gasteiger partial charge in [-0.2, -0.15) is 0 Å². The molecule has 0 saturated heterocycles. The number of hydrogen-bond donors (Lipinski definition) is 0. The van der Waals surface area contributed by atoms with Crippen LogP contribution in [0.25, 0.3) is 89.5 Å². The number of allylic oxidation sites excluding steroid dienone is 4. The summed E-state index contributed by atoms with van der Waals surface area (Å²) >= 11 is 0. The molecule has 0 aliphatic carbocycles. The van der Waals surface area contributed by atoms with Crippen molar-refractivity contribution in [1.82, 2.24) is 24.5 Å². The molecule has 0 spiro atoms. The van der Waals surface area contributed by atoms with Crippen LogP contribution in [0.4, 0.5) is 0 Å². The fourth-order valence-electron chi connectivity index (χ4n) is 6.75. The van der Waals surface area contributed by atoms with Crippen molar-refractivity contribution in [2.24, 2.45) is 0 Å². The number of fused-ring (bicyclic) bond motifs is 4. The average molecular weight is 670 g/mol. The Morgan fingerprint density at radius 2 is 1.23 bits per heavy atom. The molecule has 0 amide bonds. The van der Waals surface area contributed by atoms with Gasteiger partial charge in [0.05, 0.1) is 11.0 Å². The SMILES string of the molecule is C=C/C=C(\C=C)c1nc(-c2ccccc2)nc(-c2cccc(-c3cccc(-n4c5ccccc5c5cc(-c6nc7ccccc7o6)ccc54)c3)c2)n1. The molecule has 0 aliphatic heterocycles. The molecule has 6 nitrogen and oxygen atoms in total. The Morgan fingerprint density at radius 3 is 2.06 bits per heavy atom. The van der Waals surface area contributed by atoms with E-state index in [1.165, 1.54) is 0 Å². The molecule has 9 aromatic rings. The number of hydrogen-bond acceptors (Lipinski definition) is 5. The largest absolute Gasteiger partial charge is 0.436 e. The number of para-hydroxylation sites is 3. The molecule has 0 saturated carbocycles. The summed E-state index contributed by atoms with van der Waals surface area (Å²) in [4.78, 5) is 19.4. The summed E-state index contributed by atoms with van der Waals surface area (Å²) in [5.41, 5.74) is 10.5.